The summed E-state index contributed by atoms with van der Waals surface area (Å²) in [7, 11) is 0. The van der Waals surface area contributed by atoms with Crippen molar-refractivity contribution in [3.63, 3.8) is 0 Å². The zero-order chi connectivity index (χ0) is 7.82. The molecule has 62 valence electrons. The molecule has 1 unspecified atom stereocenters. The maximum Gasteiger partial charge on any atom is 0.0143 e. The minimum Gasteiger partial charge on any atom is -0.0891 e. The Morgan fingerprint density at radius 1 is 1.10 bits per heavy atom. The van der Waals surface area contributed by atoms with Crippen LogP contribution in [0.3, 0.4) is 0 Å². The Bertz CT molecular complexity index is 61.7. The van der Waals surface area contributed by atoms with Crippen LogP contribution in [0, 0.1) is 0 Å². The first-order valence-electron chi connectivity index (χ1n) is 4.45. The minimum absolute atomic E-state index is 0.768. The van der Waals surface area contributed by atoms with E-state index >= 15 is 0 Å². The molecule has 0 aromatic rings. The van der Waals surface area contributed by atoms with E-state index in [1.165, 1.54) is 38.5 Å². The van der Waals surface area contributed by atoms with Gasteiger partial charge in [0.25, 0.3) is 0 Å². The number of unbranched alkanes of at least 4 members (excludes halogenated alkanes) is 3. The van der Waals surface area contributed by atoms with E-state index in [9.17, 15) is 0 Å². The highest BCUT2D eigenvalue weighted by Gasteiger charge is 1.98. The second-order valence-electron chi connectivity index (χ2n) is 2.85. The molecule has 0 aromatic carbocycles. The highest BCUT2D eigenvalue weighted by atomic mass is 79.9. The van der Waals surface area contributed by atoms with E-state index in [1.807, 2.05) is 0 Å². The fourth-order valence-corrected chi connectivity index (χ4v) is 1.32. The monoisotopic (exact) mass is 206 g/mol. The maximum atomic E-state index is 3.63. The fourth-order valence-electron chi connectivity index (χ4n) is 0.997. The number of halogens is 1. The molecule has 0 aliphatic heterocycles. The molecule has 0 N–H and O–H groups in total. The summed E-state index contributed by atoms with van der Waals surface area (Å²) in [5.74, 6) is 0. The predicted molar refractivity (Wildman–Crippen MR) is 51.8 cm³/mol. The molecule has 0 fully saturated rings. The highest BCUT2D eigenvalue weighted by Crippen LogP contribution is 2.14. The van der Waals surface area contributed by atoms with Gasteiger partial charge in [-0.2, -0.15) is 0 Å². The lowest BCUT2D eigenvalue weighted by atomic mass is 10.1. The van der Waals surface area contributed by atoms with Crippen LogP contribution >= 0.6 is 15.9 Å². The van der Waals surface area contributed by atoms with Crippen molar-refractivity contribution >= 4 is 15.9 Å². The Hall–Kier alpha value is 0.480. The molecule has 0 saturated heterocycles. The van der Waals surface area contributed by atoms with Crippen molar-refractivity contribution in [3.8, 4) is 0 Å². The second-order valence-corrected chi connectivity index (χ2v) is 4.15. The third-order valence-corrected chi connectivity index (χ3v) is 2.92. The van der Waals surface area contributed by atoms with Crippen LogP contribution in [0.1, 0.15) is 52.4 Å². The van der Waals surface area contributed by atoms with E-state index in [1.54, 1.807) is 0 Å². The summed E-state index contributed by atoms with van der Waals surface area (Å²) < 4.78 is 0. The molecular formula is C9H19Br. The summed E-state index contributed by atoms with van der Waals surface area (Å²) in [4.78, 5) is 0.768. The van der Waals surface area contributed by atoms with Gasteiger partial charge in [-0.05, 0) is 12.8 Å². The molecule has 0 aliphatic rings. The van der Waals surface area contributed by atoms with Gasteiger partial charge in [-0.3, -0.25) is 0 Å². The zero-order valence-electron chi connectivity index (χ0n) is 7.20. The van der Waals surface area contributed by atoms with Gasteiger partial charge in [-0.15, -0.1) is 0 Å². The van der Waals surface area contributed by atoms with Crippen molar-refractivity contribution in [2.75, 3.05) is 0 Å². The standard InChI is InChI=1S/C9H19Br/c1-3-5-6-7-8-9(10)4-2/h9H,3-8H2,1-2H3. The molecule has 1 atom stereocenters. The third-order valence-electron chi connectivity index (χ3n) is 1.81. The van der Waals surface area contributed by atoms with Gasteiger partial charge in [0.15, 0.2) is 0 Å². The fraction of sp³-hybridized carbons (Fsp3) is 1.00. The van der Waals surface area contributed by atoms with Gasteiger partial charge < -0.3 is 0 Å². The number of hydrogen-bond donors (Lipinski definition) is 0. The zero-order valence-corrected chi connectivity index (χ0v) is 8.78. The second kappa shape index (κ2) is 7.59. The summed E-state index contributed by atoms with van der Waals surface area (Å²) in [6.45, 7) is 4.49. The molecule has 0 bridgehead atoms. The van der Waals surface area contributed by atoms with E-state index in [-0.39, 0.29) is 0 Å². The molecule has 0 radical (unpaired) electrons. The van der Waals surface area contributed by atoms with E-state index in [2.05, 4.69) is 29.8 Å². The first-order chi connectivity index (χ1) is 4.81. The van der Waals surface area contributed by atoms with Gasteiger partial charge in [0.1, 0.15) is 0 Å². The molecule has 0 aromatic heterocycles. The molecule has 0 nitrogen and oxygen atoms in total. The van der Waals surface area contributed by atoms with E-state index in [0.29, 0.717) is 0 Å². The van der Waals surface area contributed by atoms with Crippen LogP contribution in [-0.4, -0.2) is 4.83 Å². The van der Waals surface area contributed by atoms with Gasteiger partial charge >= 0.3 is 0 Å². The predicted octanol–water partition coefficient (Wildman–Crippen LogP) is 4.13. The SMILES string of the molecule is CCCCCCC(Br)CC. The largest absolute Gasteiger partial charge is 0.0891 e. The topological polar surface area (TPSA) is 0 Å². The van der Waals surface area contributed by atoms with Crippen LogP contribution in [0.5, 0.6) is 0 Å². The molecule has 0 heterocycles. The summed E-state index contributed by atoms with van der Waals surface area (Å²) in [5, 5.41) is 0. The smallest absolute Gasteiger partial charge is 0.0143 e. The molecule has 0 saturated carbocycles. The summed E-state index contributed by atoms with van der Waals surface area (Å²) in [5.41, 5.74) is 0. The van der Waals surface area contributed by atoms with Crippen molar-refractivity contribution in [1.82, 2.24) is 0 Å². The van der Waals surface area contributed by atoms with Crippen molar-refractivity contribution in [2.45, 2.75) is 57.2 Å². The van der Waals surface area contributed by atoms with Crippen LogP contribution in [0.25, 0.3) is 0 Å². The highest BCUT2D eigenvalue weighted by molar-refractivity contribution is 9.09. The van der Waals surface area contributed by atoms with Crippen molar-refractivity contribution < 1.29 is 0 Å². The lowest BCUT2D eigenvalue weighted by molar-refractivity contribution is 0.615. The first-order valence-corrected chi connectivity index (χ1v) is 5.36. The Balaban J connectivity index is 2.89. The van der Waals surface area contributed by atoms with E-state index < -0.39 is 0 Å². The van der Waals surface area contributed by atoms with Crippen LogP contribution in [0.15, 0.2) is 0 Å². The van der Waals surface area contributed by atoms with Gasteiger partial charge in [0.05, 0.1) is 0 Å². The molecule has 1 heteroatoms. The van der Waals surface area contributed by atoms with Crippen LogP contribution in [0.4, 0.5) is 0 Å². The van der Waals surface area contributed by atoms with Crippen LogP contribution in [0.2, 0.25) is 0 Å². The molecule has 0 rings (SSSR count). The normalized spacial score (nSPS) is 13.5. The lowest BCUT2D eigenvalue weighted by Gasteiger charge is -2.04. The number of hydrogen-bond acceptors (Lipinski definition) is 0. The summed E-state index contributed by atoms with van der Waals surface area (Å²) >= 11 is 3.63. The van der Waals surface area contributed by atoms with Gasteiger partial charge in [-0.25, -0.2) is 0 Å². The van der Waals surface area contributed by atoms with Crippen LogP contribution < -0.4 is 0 Å². The van der Waals surface area contributed by atoms with Crippen molar-refractivity contribution in [2.24, 2.45) is 0 Å². The van der Waals surface area contributed by atoms with Crippen LogP contribution in [-0.2, 0) is 0 Å². The minimum atomic E-state index is 0.768. The summed E-state index contributed by atoms with van der Waals surface area (Å²) in [6.07, 6.45) is 8.20. The molecule has 10 heavy (non-hydrogen) atoms. The first kappa shape index (κ1) is 10.5. The Labute approximate surface area is 73.5 Å². The van der Waals surface area contributed by atoms with E-state index in [0.717, 1.165) is 4.83 Å². The quantitative estimate of drug-likeness (QED) is 0.453. The summed E-state index contributed by atoms with van der Waals surface area (Å²) in [6, 6.07) is 0. The Kier molecular flexibility index (Phi) is 7.95. The third kappa shape index (κ3) is 6.60. The van der Waals surface area contributed by atoms with Gasteiger partial charge in [0, 0.05) is 4.83 Å². The lowest BCUT2D eigenvalue weighted by Crippen LogP contribution is -1.93. The Morgan fingerprint density at radius 2 is 1.80 bits per heavy atom. The number of alkyl halides is 1. The number of rotatable bonds is 6. The Morgan fingerprint density at radius 3 is 2.30 bits per heavy atom. The van der Waals surface area contributed by atoms with Crippen molar-refractivity contribution in [3.05, 3.63) is 0 Å². The van der Waals surface area contributed by atoms with E-state index in [4.69, 9.17) is 0 Å². The molecular weight excluding hydrogens is 188 g/mol. The molecule has 0 amide bonds. The van der Waals surface area contributed by atoms with Gasteiger partial charge in [0.2, 0.25) is 0 Å². The van der Waals surface area contributed by atoms with Gasteiger partial charge in [-0.1, -0.05) is 55.5 Å². The average Bonchev–Trinajstić information content (AvgIpc) is 1.98. The maximum absolute atomic E-state index is 3.63. The van der Waals surface area contributed by atoms with Crippen molar-refractivity contribution in [1.29, 1.82) is 0 Å². The average molecular weight is 207 g/mol. The molecule has 0 spiro atoms. The molecule has 0 aliphatic carbocycles.